The first-order valence-corrected chi connectivity index (χ1v) is 7.02. The first kappa shape index (κ1) is 15.5. The minimum atomic E-state index is -0.525. The molecule has 1 aliphatic heterocycles. The van der Waals surface area contributed by atoms with Crippen LogP contribution in [-0.2, 0) is 9.63 Å². The number of nitrogen functional groups attached to an aromatic ring is 1. The largest absolute Gasteiger partial charge is 0.399 e. The Labute approximate surface area is 125 Å². The zero-order valence-electron chi connectivity index (χ0n) is 13.0. The van der Waals surface area contributed by atoms with Crippen LogP contribution < -0.4 is 5.73 Å². The van der Waals surface area contributed by atoms with Crippen LogP contribution in [0.1, 0.15) is 50.9 Å². The lowest BCUT2D eigenvalue weighted by Crippen LogP contribution is -2.61. The molecule has 2 rings (SSSR count). The average Bonchev–Trinajstić information content (AvgIpc) is 2.33. The predicted molar refractivity (Wildman–Crippen MR) is 80.5 cm³/mol. The van der Waals surface area contributed by atoms with Gasteiger partial charge < -0.3 is 10.6 Å². The first-order valence-electron chi connectivity index (χ1n) is 7.02. The molecule has 114 valence electrons. The summed E-state index contributed by atoms with van der Waals surface area (Å²) in [5.74, 6) is -0.254. The number of hydroxylamine groups is 2. The van der Waals surface area contributed by atoms with E-state index in [4.69, 9.17) is 10.6 Å². The van der Waals surface area contributed by atoms with Crippen molar-refractivity contribution in [1.82, 2.24) is 5.06 Å². The second-order valence-electron chi connectivity index (χ2n) is 6.81. The molecule has 0 amide bonds. The van der Waals surface area contributed by atoms with Crippen molar-refractivity contribution in [3.05, 3.63) is 29.8 Å². The van der Waals surface area contributed by atoms with Crippen molar-refractivity contribution in [3.8, 4) is 0 Å². The van der Waals surface area contributed by atoms with E-state index >= 15 is 0 Å². The van der Waals surface area contributed by atoms with Crippen molar-refractivity contribution in [1.29, 1.82) is 0 Å². The zero-order chi connectivity index (χ0) is 15.8. The molecule has 1 heterocycles. The van der Waals surface area contributed by atoms with Crippen LogP contribution >= 0.6 is 0 Å². The molecule has 0 spiro atoms. The molecule has 5 nitrogen and oxygen atoms in total. The van der Waals surface area contributed by atoms with Gasteiger partial charge in [0.25, 0.3) is 0 Å². The van der Waals surface area contributed by atoms with Gasteiger partial charge in [-0.05, 0) is 52.0 Å². The summed E-state index contributed by atoms with van der Waals surface area (Å²) >= 11 is 0. The molecule has 0 radical (unpaired) electrons. The zero-order valence-corrected chi connectivity index (χ0v) is 13.0. The van der Waals surface area contributed by atoms with E-state index in [1.807, 2.05) is 27.7 Å². The fourth-order valence-corrected chi connectivity index (χ4v) is 2.99. The smallest absolute Gasteiger partial charge is 0.357 e. The normalized spacial score (nSPS) is 21.0. The number of anilines is 1. The van der Waals surface area contributed by atoms with E-state index in [1.165, 1.54) is 0 Å². The molecule has 1 aromatic carbocycles. The Hall–Kier alpha value is -1.88. The molecule has 21 heavy (non-hydrogen) atoms. The summed E-state index contributed by atoms with van der Waals surface area (Å²) in [7, 11) is 0. The van der Waals surface area contributed by atoms with E-state index in [0.29, 0.717) is 24.1 Å². The van der Waals surface area contributed by atoms with Gasteiger partial charge in [-0.15, -0.1) is 5.06 Å². The molecule has 5 heteroatoms. The Kier molecular flexibility index (Phi) is 3.80. The van der Waals surface area contributed by atoms with E-state index in [-0.39, 0.29) is 5.78 Å². The van der Waals surface area contributed by atoms with Crippen molar-refractivity contribution in [3.63, 3.8) is 0 Å². The van der Waals surface area contributed by atoms with Gasteiger partial charge in [-0.3, -0.25) is 4.79 Å². The highest BCUT2D eigenvalue weighted by Gasteiger charge is 2.47. The standard InChI is InChI=1S/C16H22N2O3/c1-15(2)9-13(19)10-16(3,4)18(15)21-14(20)11-5-7-12(17)8-6-11/h5-8H,9-10,17H2,1-4H3. The van der Waals surface area contributed by atoms with Gasteiger partial charge in [0.15, 0.2) is 0 Å². The van der Waals surface area contributed by atoms with Crippen LogP contribution in [0.4, 0.5) is 5.69 Å². The maximum atomic E-state index is 12.3. The summed E-state index contributed by atoms with van der Waals surface area (Å²) in [6.07, 6.45) is 0.733. The van der Waals surface area contributed by atoms with Gasteiger partial charge in [0.2, 0.25) is 0 Å². The van der Waals surface area contributed by atoms with Crippen molar-refractivity contribution in [2.75, 3.05) is 5.73 Å². The number of hydrogen-bond donors (Lipinski definition) is 1. The average molecular weight is 290 g/mol. The third-order valence-electron chi connectivity index (χ3n) is 3.68. The Balaban J connectivity index is 2.22. The van der Waals surface area contributed by atoms with E-state index in [2.05, 4.69) is 0 Å². The molecule has 1 fully saturated rings. The predicted octanol–water partition coefficient (Wildman–Crippen LogP) is 2.56. The summed E-state index contributed by atoms with van der Waals surface area (Å²) in [5.41, 5.74) is 5.59. The van der Waals surface area contributed by atoms with Crippen LogP contribution in [0.5, 0.6) is 0 Å². The lowest BCUT2D eigenvalue weighted by atomic mass is 9.81. The number of rotatable bonds is 2. The number of benzene rings is 1. The van der Waals surface area contributed by atoms with Crippen LogP contribution in [0.3, 0.4) is 0 Å². The van der Waals surface area contributed by atoms with Crippen LogP contribution in [-0.4, -0.2) is 27.9 Å². The number of carbonyl (C=O) groups is 2. The number of piperidine rings is 1. The van der Waals surface area contributed by atoms with E-state index in [0.717, 1.165) is 0 Å². The number of Topliss-reactive ketones (excluding diaryl/α,β-unsaturated/α-hetero) is 1. The molecule has 1 saturated heterocycles. The van der Waals surface area contributed by atoms with Gasteiger partial charge in [-0.1, -0.05) is 0 Å². The number of nitrogens with zero attached hydrogens (tertiary/aromatic N) is 1. The van der Waals surface area contributed by atoms with Crippen molar-refractivity contribution in [2.24, 2.45) is 0 Å². The number of hydrogen-bond acceptors (Lipinski definition) is 5. The van der Waals surface area contributed by atoms with Gasteiger partial charge in [0, 0.05) is 18.5 Å². The molecule has 0 unspecified atom stereocenters. The number of ketones is 1. The second-order valence-corrected chi connectivity index (χ2v) is 6.81. The maximum Gasteiger partial charge on any atom is 0.357 e. The fraction of sp³-hybridized carbons (Fsp3) is 0.500. The van der Waals surface area contributed by atoms with Crippen LogP contribution in [0, 0.1) is 0 Å². The molecular weight excluding hydrogens is 268 g/mol. The van der Waals surface area contributed by atoms with Gasteiger partial charge in [-0.2, -0.15) is 0 Å². The number of nitrogens with two attached hydrogens (primary N) is 1. The third kappa shape index (κ3) is 3.24. The molecule has 1 aliphatic rings. The van der Waals surface area contributed by atoms with Crippen molar-refractivity contribution >= 4 is 17.4 Å². The highest BCUT2D eigenvalue weighted by molar-refractivity contribution is 5.89. The van der Waals surface area contributed by atoms with E-state index < -0.39 is 17.0 Å². The lowest BCUT2D eigenvalue weighted by Gasteiger charge is -2.49. The minimum absolute atomic E-state index is 0.185. The van der Waals surface area contributed by atoms with Gasteiger partial charge in [-0.25, -0.2) is 4.79 Å². The van der Waals surface area contributed by atoms with Crippen molar-refractivity contribution in [2.45, 2.75) is 51.6 Å². The number of carbonyl (C=O) groups excluding carboxylic acids is 2. The van der Waals surface area contributed by atoms with Crippen molar-refractivity contribution < 1.29 is 14.4 Å². The Bertz CT molecular complexity index is 541. The van der Waals surface area contributed by atoms with Gasteiger partial charge in [0.1, 0.15) is 5.78 Å². The summed E-state index contributed by atoms with van der Waals surface area (Å²) in [5, 5.41) is 1.65. The van der Waals surface area contributed by atoms with E-state index in [9.17, 15) is 9.59 Å². The van der Waals surface area contributed by atoms with Crippen LogP contribution in [0.15, 0.2) is 24.3 Å². The van der Waals surface area contributed by atoms with E-state index in [1.54, 1.807) is 29.3 Å². The van der Waals surface area contributed by atoms with Gasteiger partial charge in [0.05, 0.1) is 16.6 Å². The Morgan fingerprint density at radius 1 is 1.10 bits per heavy atom. The summed E-state index contributed by atoms with van der Waals surface area (Å²) in [6, 6.07) is 6.58. The van der Waals surface area contributed by atoms with Gasteiger partial charge >= 0.3 is 5.97 Å². The molecule has 0 atom stereocenters. The second kappa shape index (κ2) is 5.15. The molecule has 0 bridgehead atoms. The molecule has 0 aliphatic carbocycles. The first-order chi connectivity index (χ1) is 9.62. The summed E-state index contributed by atoms with van der Waals surface area (Å²) < 4.78 is 0. The Morgan fingerprint density at radius 2 is 1.57 bits per heavy atom. The molecule has 0 saturated carbocycles. The molecule has 2 N–H and O–H groups in total. The highest BCUT2D eigenvalue weighted by Crippen LogP contribution is 2.37. The summed E-state index contributed by atoms with van der Waals surface area (Å²) in [4.78, 5) is 29.7. The monoisotopic (exact) mass is 290 g/mol. The SMILES string of the molecule is CC1(C)CC(=O)CC(C)(C)N1OC(=O)c1ccc(N)cc1. The topological polar surface area (TPSA) is 72.6 Å². The van der Waals surface area contributed by atoms with Crippen LogP contribution in [0.2, 0.25) is 0 Å². The fourth-order valence-electron chi connectivity index (χ4n) is 2.99. The Morgan fingerprint density at radius 3 is 2.05 bits per heavy atom. The molecule has 1 aromatic rings. The molecular formula is C16H22N2O3. The summed E-state index contributed by atoms with van der Waals surface area (Å²) in [6.45, 7) is 7.62. The van der Waals surface area contributed by atoms with Crippen LogP contribution in [0.25, 0.3) is 0 Å². The highest BCUT2D eigenvalue weighted by atomic mass is 16.7. The minimum Gasteiger partial charge on any atom is -0.399 e. The quantitative estimate of drug-likeness (QED) is 0.847. The molecule has 0 aromatic heterocycles. The third-order valence-corrected chi connectivity index (χ3v) is 3.68. The lowest BCUT2D eigenvalue weighted by molar-refractivity contribution is -0.236. The maximum absolute atomic E-state index is 12.3.